The van der Waals surface area contributed by atoms with Crippen molar-refractivity contribution in [2.24, 2.45) is 0 Å². The fourth-order valence-electron chi connectivity index (χ4n) is 1.21. The number of amides is 1. The van der Waals surface area contributed by atoms with E-state index in [1.54, 1.807) is 6.07 Å². The van der Waals surface area contributed by atoms with Crippen LogP contribution in [0.15, 0.2) is 35.2 Å². The molecule has 0 fully saturated rings. The summed E-state index contributed by atoms with van der Waals surface area (Å²) in [6.07, 6.45) is 2.63. The Labute approximate surface area is 90.7 Å². The maximum absolute atomic E-state index is 11.7. The summed E-state index contributed by atoms with van der Waals surface area (Å²) in [5.74, 6) is -0.718. The third-order valence-electron chi connectivity index (χ3n) is 2.00. The van der Waals surface area contributed by atoms with E-state index < -0.39 is 5.91 Å². The van der Waals surface area contributed by atoms with Gasteiger partial charge in [-0.2, -0.15) is 0 Å². The minimum atomic E-state index is -0.479. The van der Waals surface area contributed by atoms with Gasteiger partial charge in [-0.05, 0) is 12.1 Å². The number of nitrogens with one attached hydrogen (secondary N) is 1. The van der Waals surface area contributed by atoms with E-state index in [0.717, 1.165) is 0 Å². The van der Waals surface area contributed by atoms with Crippen molar-refractivity contribution in [2.45, 2.75) is 0 Å². The predicted octanol–water partition coefficient (Wildman–Crippen LogP) is 1.21. The number of carbonyl (C=O) groups excluding carboxylic acids is 1. The maximum atomic E-state index is 11.7. The van der Waals surface area contributed by atoms with E-state index >= 15 is 0 Å². The highest BCUT2D eigenvalue weighted by molar-refractivity contribution is 6.06. The van der Waals surface area contributed by atoms with Crippen LogP contribution in [0.3, 0.4) is 0 Å². The minimum absolute atomic E-state index is 0.0983. The summed E-state index contributed by atoms with van der Waals surface area (Å²) in [4.78, 5) is 11.7. The average Bonchev–Trinajstić information content (AvgIpc) is 2.74. The van der Waals surface area contributed by atoms with Crippen molar-refractivity contribution in [2.75, 3.05) is 11.1 Å². The molecule has 6 nitrogen and oxygen atoms in total. The molecule has 0 saturated heterocycles. The number of benzene rings is 1. The minimum Gasteiger partial charge on any atom is -0.505 e. The van der Waals surface area contributed by atoms with Gasteiger partial charge in [-0.25, -0.2) is 0 Å². The van der Waals surface area contributed by atoms with Gasteiger partial charge in [0.05, 0.1) is 17.4 Å². The van der Waals surface area contributed by atoms with E-state index in [0.29, 0.717) is 5.69 Å². The SMILES string of the molecule is Nc1cccc(C(=O)Nc2cnoc2)c1O. The largest absolute Gasteiger partial charge is 0.505 e. The van der Waals surface area contributed by atoms with Gasteiger partial charge in [0.25, 0.3) is 5.91 Å². The Bertz CT molecular complexity index is 508. The van der Waals surface area contributed by atoms with Gasteiger partial charge in [-0.3, -0.25) is 4.79 Å². The molecule has 1 aromatic carbocycles. The summed E-state index contributed by atoms with van der Waals surface area (Å²) < 4.78 is 4.55. The van der Waals surface area contributed by atoms with Gasteiger partial charge in [-0.15, -0.1) is 0 Å². The highest BCUT2D eigenvalue weighted by Gasteiger charge is 2.13. The quantitative estimate of drug-likeness (QED) is 0.520. The number of carbonyl (C=O) groups is 1. The van der Waals surface area contributed by atoms with Crippen LogP contribution in [-0.4, -0.2) is 16.2 Å². The first-order valence-electron chi connectivity index (χ1n) is 4.46. The molecule has 0 aliphatic heterocycles. The summed E-state index contributed by atoms with van der Waals surface area (Å²) >= 11 is 0. The van der Waals surface area contributed by atoms with Crippen LogP contribution >= 0.6 is 0 Å². The number of hydrogen-bond acceptors (Lipinski definition) is 5. The molecule has 6 heteroatoms. The molecular formula is C10H9N3O3. The van der Waals surface area contributed by atoms with Crippen molar-refractivity contribution in [1.82, 2.24) is 5.16 Å². The zero-order valence-electron chi connectivity index (χ0n) is 8.18. The fourth-order valence-corrected chi connectivity index (χ4v) is 1.21. The Morgan fingerprint density at radius 1 is 1.50 bits per heavy atom. The van der Waals surface area contributed by atoms with Gasteiger partial charge in [-0.1, -0.05) is 11.2 Å². The highest BCUT2D eigenvalue weighted by Crippen LogP contribution is 2.25. The molecule has 4 N–H and O–H groups in total. The van der Waals surface area contributed by atoms with E-state index in [9.17, 15) is 9.90 Å². The molecule has 1 aromatic heterocycles. The molecule has 82 valence electrons. The molecule has 1 amide bonds. The topological polar surface area (TPSA) is 101 Å². The summed E-state index contributed by atoms with van der Waals surface area (Å²) in [5.41, 5.74) is 6.13. The molecule has 0 atom stereocenters. The van der Waals surface area contributed by atoms with Crippen LogP contribution in [0, 0.1) is 0 Å². The standard InChI is InChI=1S/C10H9N3O3/c11-8-3-1-2-7(9(8)14)10(15)13-6-4-12-16-5-6/h1-5,14H,11H2,(H,13,15). The van der Waals surface area contributed by atoms with Crippen LogP contribution in [0.1, 0.15) is 10.4 Å². The second kappa shape index (κ2) is 3.93. The third-order valence-corrected chi connectivity index (χ3v) is 2.00. The summed E-state index contributed by atoms with van der Waals surface area (Å²) in [5, 5.41) is 15.5. The molecule has 0 unspecified atom stereocenters. The van der Waals surface area contributed by atoms with Gasteiger partial charge in [0.1, 0.15) is 12.0 Å². The number of nitrogens with two attached hydrogens (primary N) is 1. The summed E-state index contributed by atoms with van der Waals surface area (Å²) in [7, 11) is 0. The van der Waals surface area contributed by atoms with E-state index in [1.807, 2.05) is 0 Å². The molecule has 0 bridgehead atoms. The summed E-state index contributed by atoms with van der Waals surface area (Å²) in [6, 6.07) is 4.55. The maximum Gasteiger partial charge on any atom is 0.259 e. The molecule has 16 heavy (non-hydrogen) atoms. The number of rotatable bonds is 2. The number of nitrogens with zero attached hydrogens (tertiary/aromatic N) is 1. The second-order valence-electron chi connectivity index (χ2n) is 3.11. The molecule has 2 rings (SSSR count). The van der Waals surface area contributed by atoms with Gasteiger partial charge in [0.15, 0.2) is 5.75 Å². The molecule has 1 heterocycles. The van der Waals surface area contributed by atoms with E-state index in [1.165, 1.54) is 24.6 Å². The first-order valence-corrected chi connectivity index (χ1v) is 4.46. The van der Waals surface area contributed by atoms with Crippen LogP contribution in [-0.2, 0) is 0 Å². The predicted molar refractivity (Wildman–Crippen MR) is 57.0 cm³/mol. The van der Waals surface area contributed by atoms with Crippen molar-refractivity contribution >= 4 is 17.3 Å². The number of anilines is 2. The second-order valence-corrected chi connectivity index (χ2v) is 3.11. The number of nitrogen functional groups attached to an aromatic ring is 1. The van der Waals surface area contributed by atoms with E-state index in [4.69, 9.17) is 5.73 Å². The summed E-state index contributed by atoms with van der Waals surface area (Å²) in [6.45, 7) is 0. The van der Waals surface area contributed by atoms with Crippen molar-refractivity contribution in [3.8, 4) is 5.75 Å². The van der Waals surface area contributed by atoms with Crippen molar-refractivity contribution < 1.29 is 14.4 Å². The zero-order chi connectivity index (χ0) is 11.5. The van der Waals surface area contributed by atoms with E-state index in [-0.39, 0.29) is 17.0 Å². The number of aromatic nitrogens is 1. The smallest absolute Gasteiger partial charge is 0.259 e. The lowest BCUT2D eigenvalue weighted by Gasteiger charge is -2.05. The molecule has 0 aliphatic rings. The third kappa shape index (κ3) is 1.81. The van der Waals surface area contributed by atoms with Gasteiger partial charge in [0, 0.05) is 0 Å². The van der Waals surface area contributed by atoms with Crippen LogP contribution < -0.4 is 11.1 Å². The van der Waals surface area contributed by atoms with Crippen molar-refractivity contribution in [1.29, 1.82) is 0 Å². The van der Waals surface area contributed by atoms with Gasteiger partial charge in [0.2, 0.25) is 0 Å². The Hall–Kier alpha value is -2.50. The molecular weight excluding hydrogens is 210 g/mol. The van der Waals surface area contributed by atoms with Crippen LogP contribution in [0.5, 0.6) is 5.75 Å². The number of aromatic hydroxyl groups is 1. The number of para-hydroxylation sites is 1. The fraction of sp³-hybridized carbons (Fsp3) is 0. The molecule has 0 saturated carbocycles. The number of phenolic OH excluding ortho intramolecular Hbond substituents is 1. The highest BCUT2D eigenvalue weighted by atomic mass is 16.5. The molecule has 0 radical (unpaired) electrons. The molecule has 0 aliphatic carbocycles. The Balaban J connectivity index is 2.24. The Morgan fingerprint density at radius 2 is 2.31 bits per heavy atom. The van der Waals surface area contributed by atoms with Crippen LogP contribution in [0.25, 0.3) is 0 Å². The monoisotopic (exact) mass is 219 g/mol. The average molecular weight is 219 g/mol. The van der Waals surface area contributed by atoms with Gasteiger partial charge < -0.3 is 20.7 Å². The van der Waals surface area contributed by atoms with Crippen LogP contribution in [0.4, 0.5) is 11.4 Å². The van der Waals surface area contributed by atoms with Crippen molar-refractivity contribution in [3.05, 3.63) is 36.2 Å². The lowest BCUT2D eigenvalue weighted by Crippen LogP contribution is -2.12. The number of hydrogen-bond donors (Lipinski definition) is 3. The Morgan fingerprint density at radius 3 is 3.00 bits per heavy atom. The first kappa shape index (κ1) is 10.0. The normalized spacial score (nSPS) is 10.0. The van der Waals surface area contributed by atoms with Crippen molar-refractivity contribution in [3.63, 3.8) is 0 Å². The molecule has 2 aromatic rings. The molecule has 0 spiro atoms. The lowest BCUT2D eigenvalue weighted by molar-refractivity contribution is 0.102. The van der Waals surface area contributed by atoms with Gasteiger partial charge >= 0.3 is 0 Å². The Kier molecular flexibility index (Phi) is 2.47. The zero-order valence-corrected chi connectivity index (χ0v) is 8.18. The lowest BCUT2D eigenvalue weighted by atomic mass is 10.1. The van der Waals surface area contributed by atoms with Crippen LogP contribution in [0.2, 0.25) is 0 Å². The van der Waals surface area contributed by atoms with E-state index in [2.05, 4.69) is 15.0 Å². The first-order chi connectivity index (χ1) is 7.68. The number of phenols is 1.